The Bertz CT molecular complexity index is 462. The van der Waals surface area contributed by atoms with Crippen molar-refractivity contribution in [3.05, 3.63) is 23.4 Å². The molecule has 98 valence electrons. The molecule has 1 aliphatic heterocycles. The van der Waals surface area contributed by atoms with Crippen LogP contribution < -0.4 is 4.90 Å². The maximum absolute atomic E-state index is 11.0. The first-order chi connectivity index (χ1) is 8.47. The molecule has 0 bridgehead atoms. The molecule has 18 heavy (non-hydrogen) atoms. The number of nitrogens with zero attached hydrogens (tertiary/aromatic N) is 2. The molecule has 0 amide bonds. The van der Waals surface area contributed by atoms with E-state index in [1.165, 1.54) is 0 Å². The van der Waals surface area contributed by atoms with Crippen LogP contribution in [0, 0.1) is 12.8 Å². The van der Waals surface area contributed by atoms with E-state index in [2.05, 4.69) is 4.98 Å². The number of aromatic nitrogens is 1. The van der Waals surface area contributed by atoms with Gasteiger partial charge in [-0.25, -0.2) is 9.78 Å². The van der Waals surface area contributed by atoms with E-state index in [9.17, 15) is 9.90 Å². The number of aliphatic hydroxyl groups is 1. The van der Waals surface area contributed by atoms with Crippen LogP contribution in [0.1, 0.15) is 29.4 Å². The van der Waals surface area contributed by atoms with E-state index >= 15 is 0 Å². The molecular formula is C13H18N2O3. The summed E-state index contributed by atoms with van der Waals surface area (Å²) in [7, 11) is 0. The number of aliphatic hydroxyl groups excluding tert-OH is 1. The quantitative estimate of drug-likeness (QED) is 0.827. The van der Waals surface area contributed by atoms with Crippen molar-refractivity contribution in [2.45, 2.75) is 26.4 Å². The lowest BCUT2D eigenvalue weighted by atomic mass is 9.97. The second-order valence-electron chi connectivity index (χ2n) is 4.94. The molecule has 2 unspecified atom stereocenters. The summed E-state index contributed by atoms with van der Waals surface area (Å²) < 4.78 is 0. The molecule has 0 saturated carbocycles. The predicted molar refractivity (Wildman–Crippen MR) is 67.9 cm³/mol. The molecule has 2 N–H and O–H groups in total. The fourth-order valence-electron chi connectivity index (χ4n) is 2.28. The van der Waals surface area contributed by atoms with Gasteiger partial charge in [0.25, 0.3) is 0 Å². The first-order valence-corrected chi connectivity index (χ1v) is 6.12. The van der Waals surface area contributed by atoms with Crippen molar-refractivity contribution in [3.63, 3.8) is 0 Å². The Hall–Kier alpha value is -1.62. The highest BCUT2D eigenvalue weighted by Crippen LogP contribution is 2.23. The number of carboxylic acid groups (broad SMARTS) is 1. The van der Waals surface area contributed by atoms with Gasteiger partial charge in [-0.3, -0.25) is 0 Å². The number of hydrogen-bond acceptors (Lipinski definition) is 4. The number of aryl methyl sites for hydroxylation is 1. The maximum atomic E-state index is 11.0. The van der Waals surface area contributed by atoms with Crippen molar-refractivity contribution >= 4 is 11.8 Å². The Morgan fingerprint density at radius 3 is 2.83 bits per heavy atom. The van der Waals surface area contributed by atoms with Gasteiger partial charge >= 0.3 is 5.97 Å². The third kappa shape index (κ3) is 2.61. The van der Waals surface area contributed by atoms with Crippen LogP contribution >= 0.6 is 0 Å². The Labute approximate surface area is 106 Å². The van der Waals surface area contributed by atoms with Gasteiger partial charge < -0.3 is 15.1 Å². The van der Waals surface area contributed by atoms with Crippen molar-refractivity contribution in [3.8, 4) is 0 Å². The molecule has 0 radical (unpaired) electrons. The summed E-state index contributed by atoms with van der Waals surface area (Å²) in [4.78, 5) is 17.4. The van der Waals surface area contributed by atoms with Gasteiger partial charge in [0.15, 0.2) is 0 Å². The summed E-state index contributed by atoms with van der Waals surface area (Å²) in [5.41, 5.74) is 0.958. The Kier molecular flexibility index (Phi) is 3.52. The molecule has 2 heterocycles. The van der Waals surface area contributed by atoms with Gasteiger partial charge in [0.05, 0.1) is 11.7 Å². The average Bonchev–Trinajstić information content (AvgIpc) is 2.31. The summed E-state index contributed by atoms with van der Waals surface area (Å²) in [6, 6.07) is 3.16. The van der Waals surface area contributed by atoms with E-state index in [0.29, 0.717) is 31.0 Å². The van der Waals surface area contributed by atoms with E-state index in [0.717, 1.165) is 0 Å². The minimum atomic E-state index is -0.938. The number of rotatable bonds is 2. The Morgan fingerprint density at radius 1 is 1.50 bits per heavy atom. The standard InChI is InChI=1S/C13H18N2O3/c1-8-7-15(4-3-11(8)16)12-6-10(13(17)18)5-9(2)14-12/h5-6,8,11,16H,3-4,7H2,1-2H3,(H,17,18). The van der Waals surface area contributed by atoms with Crippen LogP contribution in [0.25, 0.3) is 0 Å². The van der Waals surface area contributed by atoms with E-state index in [-0.39, 0.29) is 17.6 Å². The summed E-state index contributed by atoms with van der Waals surface area (Å²) in [5, 5.41) is 18.7. The third-order valence-corrected chi connectivity index (χ3v) is 3.37. The molecule has 1 saturated heterocycles. The number of hydrogen-bond donors (Lipinski definition) is 2. The molecule has 2 atom stereocenters. The topological polar surface area (TPSA) is 73.7 Å². The van der Waals surface area contributed by atoms with Crippen LogP contribution in [-0.2, 0) is 0 Å². The van der Waals surface area contributed by atoms with E-state index in [1.54, 1.807) is 19.1 Å². The average molecular weight is 250 g/mol. The van der Waals surface area contributed by atoms with Crippen LogP contribution in [0.4, 0.5) is 5.82 Å². The van der Waals surface area contributed by atoms with Crippen LogP contribution in [0.5, 0.6) is 0 Å². The Balaban J connectivity index is 2.25. The summed E-state index contributed by atoms with van der Waals surface area (Å²) >= 11 is 0. The van der Waals surface area contributed by atoms with Crippen molar-refractivity contribution < 1.29 is 15.0 Å². The highest BCUT2D eigenvalue weighted by atomic mass is 16.4. The van der Waals surface area contributed by atoms with Crippen LogP contribution in [-0.4, -0.2) is 40.4 Å². The zero-order valence-electron chi connectivity index (χ0n) is 10.6. The fourth-order valence-corrected chi connectivity index (χ4v) is 2.28. The maximum Gasteiger partial charge on any atom is 0.335 e. The molecule has 5 heteroatoms. The molecule has 0 aliphatic carbocycles. The SMILES string of the molecule is Cc1cc(C(=O)O)cc(N2CCC(O)C(C)C2)n1. The summed E-state index contributed by atoms with van der Waals surface area (Å²) in [5.74, 6) is -0.0765. The number of piperidine rings is 1. The van der Waals surface area contributed by atoms with Gasteiger partial charge in [-0.2, -0.15) is 0 Å². The number of pyridine rings is 1. The zero-order valence-corrected chi connectivity index (χ0v) is 10.6. The van der Waals surface area contributed by atoms with Gasteiger partial charge in [0.1, 0.15) is 5.82 Å². The number of carboxylic acids is 1. The molecule has 1 aromatic heterocycles. The van der Waals surface area contributed by atoms with Crippen molar-refractivity contribution in [1.29, 1.82) is 0 Å². The predicted octanol–water partition coefficient (Wildman–Crippen LogP) is 1.30. The summed E-state index contributed by atoms with van der Waals surface area (Å²) in [6.07, 6.45) is 0.420. The second kappa shape index (κ2) is 4.94. The number of aromatic carboxylic acids is 1. The minimum absolute atomic E-state index is 0.175. The highest BCUT2D eigenvalue weighted by molar-refractivity contribution is 5.88. The van der Waals surface area contributed by atoms with Gasteiger partial charge in [-0.05, 0) is 31.4 Å². The number of carbonyl (C=O) groups is 1. The van der Waals surface area contributed by atoms with Gasteiger partial charge in [-0.15, -0.1) is 0 Å². The van der Waals surface area contributed by atoms with Gasteiger partial charge in [0, 0.05) is 18.8 Å². The van der Waals surface area contributed by atoms with Crippen molar-refractivity contribution in [2.24, 2.45) is 5.92 Å². The minimum Gasteiger partial charge on any atom is -0.478 e. The largest absolute Gasteiger partial charge is 0.478 e. The van der Waals surface area contributed by atoms with Crippen molar-refractivity contribution in [1.82, 2.24) is 4.98 Å². The second-order valence-corrected chi connectivity index (χ2v) is 4.94. The zero-order chi connectivity index (χ0) is 13.3. The van der Waals surface area contributed by atoms with Gasteiger partial charge in [0.2, 0.25) is 0 Å². The normalized spacial score (nSPS) is 24.1. The Morgan fingerprint density at radius 2 is 2.22 bits per heavy atom. The van der Waals surface area contributed by atoms with Crippen LogP contribution in [0.15, 0.2) is 12.1 Å². The molecule has 1 aliphatic rings. The van der Waals surface area contributed by atoms with E-state index < -0.39 is 5.97 Å². The molecule has 1 aromatic rings. The van der Waals surface area contributed by atoms with E-state index in [4.69, 9.17) is 5.11 Å². The molecule has 0 spiro atoms. The van der Waals surface area contributed by atoms with Crippen LogP contribution in [0.2, 0.25) is 0 Å². The first-order valence-electron chi connectivity index (χ1n) is 6.12. The monoisotopic (exact) mass is 250 g/mol. The number of anilines is 1. The fraction of sp³-hybridized carbons (Fsp3) is 0.538. The molecule has 0 aromatic carbocycles. The lowest BCUT2D eigenvalue weighted by molar-refractivity contribution is 0.0696. The molecule has 5 nitrogen and oxygen atoms in total. The molecular weight excluding hydrogens is 232 g/mol. The van der Waals surface area contributed by atoms with Gasteiger partial charge in [-0.1, -0.05) is 6.92 Å². The van der Waals surface area contributed by atoms with E-state index in [1.807, 2.05) is 11.8 Å². The summed E-state index contributed by atoms with van der Waals surface area (Å²) in [6.45, 7) is 5.20. The molecule has 2 rings (SSSR count). The lowest BCUT2D eigenvalue weighted by Crippen LogP contribution is -2.42. The lowest BCUT2D eigenvalue weighted by Gasteiger charge is -2.35. The third-order valence-electron chi connectivity index (χ3n) is 3.37. The van der Waals surface area contributed by atoms with Crippen molar-refractivity contribution in [2.75, 3.05) is 18.0 Å². The smallest absolute Gasteiger partial charge is 0.335 e. The highest BCUT2D eigenvalue weighted by Gasteiger charge is 2.25. The van der Waals surface area contributed by atoms with Crippen LogP contribution in [0.3, 0.4) is 0 Å². The molecule has 1 fully saturated rings. The first kappa shape index (κ1) is 12.8.